The van der Waals surface area contributed by atoms with Crippen LogP contribution in [0.1, 0.15) is 19.3 Å². The van der Waals surface area contributed by atoms with Crippen molar-refractivity contribution < 1.29 is 29.3 Å². The molecule has 0 aliphatic heterocycles. The Balaban J connectivity index is 3.72. The van der Waals surface area contributed by atoms with Crippen LogP contribution < -0.4 is 5.73 Å². The largest absolute Gasteiger partial charge is 0.513 e. The molecule has 0 aliphatic carbocycles. The number of carboxylic acids is 1. The van der Waals surface area contributed by atoms with E-state index in [0.717, 1.165) is 0 Å². The van der Waals surface area contributed by atoms with Crippen molar-refractivity contribution in [3.8, 4) is 0 Å². The van der Waals surface area contributed by atoms with Gasteiger partial charge in [0.05, 0.1) is 0 Å². The van der Waals surface area contributed by atoms with Crippen LogP contribution in [0.25, 0.3) is 0 Å². The van der Waals surface area contributed by atoms with Crippen LogP contribution in [0, 0.1) is 0 Å². The van der Waals surface area contributed by atoms with Crippen LogP contribution in [0.5, 0.6) is 0 Å². The summed E-state index contributed by atoms with van der Waals surface area (Å²) in [6.45, 7) is 0. The molecular formula is C7H11NO6. The van der Waals surface area contributed by atoms with Crippen molar-refractivity contribution in [2.24, 2.45) is 5.73 Å². The third kappa shape index (κ3) is 5.95. The van der Waals surface area contributed by atoms with Gasteiger partial charge in [0.15, 0.2) is 0 Å². The Kier molecular flexibility index (Phi) is 5.23. The van der Waals surface area contributed by atoms with E-state index >= 15 is 0 Å². The molecule has 0 aromatic rings. The molecule has 7 nitrogen and oxygen atoms in total. The van der Waals surface area contributed by atoms with Crippen molar-refractivity contribution in [1.82, 2.24) is 0 Å². The summed E-state index contributed by atoms with van der Waals surface area (Å²) >= 11 is 0. The van der Waals surface area contributed by atoms with E-state index in [1.807, 2.05) is 0 Å². The topological polar surface area (TPSA) is 127 Å². The summed E-state index contributed by atoms with van der Waals surface area (Å²) in [6, 6.07) is -1.09. The number of carbonyl (C=O) groups is 3. The van der Waals surface area contributed by atoms with Crippen molar-refractivity contribution >= 4 is 18.1 Å². The number of nitrogens with two attached hydrogens (primary N) is 1. The van der Waals surface area contributed by atoms with E-state index in [-0.39, 0.29) is 19.3 Å². The molecule has 0 aromatic heterocycles. The predicted octanol–water partition coefficient (Wildman–Crippen LogP) is -0.210. The molecule has 1 unspecified atom stereocenters. The van der Waals surface area contributed by atoms with Gasteiger partial charge in [0.25, 0.3) is 0 Å². The number of aliphatic carboxylic acids is 1. The predicted molar refractivity (Wildman–Crippen MR) is 43.6 cm³/mol. The second-order valence-corrected chi connectivity index (χ2v) is 2.58. The summed E-state index contributed by atoms with van der Waals surface area (Å²) in [5.41, 5.74) is 5.22. The molecule has 0 heterocycles. The van der Waals surface area contributed by atoms with E-state index in [2.05, 4.69) is 4.74 Å². The number of carbonyl (C=O) groups excluding carboxylic acids is 1. The molecule has 0 saturated heterocycles. The molecule has 0 aromatic carbocycles. The van der Waals surface area contributed by atoms with Crippen LogP contribution >= 0.6 is 0 Å². The summed E-state index contributed by atoms with van der Waals surface area (Å²) in [5, 5.41) is 16.3. The molecule has 80 valence electrons. The lowest BCUT2D eigenvalue weighted by atomic mass is 10.1. The highest BCUT2D eigenvalue weighted by molar-refractivity contribution is 5.84. The summed E-state index contributed by atoms with van der Waals surface area (Å²) in [7, 11) is 0. The van der Waals surface area contributed by atoms with Crippen LogP contribution in [0.4, 0.5) is 4.79 Å². The number of hydrogen-bond acceptors (Lipinski definition) is 5. The van der Waals surface area contributed by atoms with Crippen molar-refractivity contribution in [1.29, 1.82) is 0 Å². The number of carboxylic acid groups (broad SMARTS) is 2. The van der Waals surface area contributed by atoms with E-state index in [9.17, 15) is 14.4 Å². The van der Waals surface area contributed by atoms with Crippen LogP contribution in [0.2, 0.25) is 0 Å². The highest BCUT2D eigenvalue weighted by atomic mass is 16.7. The van der Waals surface area contributed by atoms with Gasteiger partial charge in [-0.05, 0) is 12.8 Å². The Bertz CT molecular complexity index is 238. The van der Waals surface area contributed by atoms with E-state index in [4.69, 9.17) is 15.9 Å². The first-order valence-corrected chi connectivity index (χ1v) is 3.85. The maximum absolute atomic E-state index is 10.8. The number of esters is 1. The summed E-state index contributed by atoms with van der Waals surface area (Å²) < 4.78 is 3.77. The van der Waals surface area contributed by atoms with Crippen LogP contribution in [-0.4, -0.2) is 34.3 Å². The Morgan fingerprint density at radius 3 is 2.29 bits per heavy atom. The average molecular weight is 205 g/mol. The standard InChI is InChI=1S/C7H11NO6/c8-4(2-1-3-5(9)10)6(11)14-7(12)13/h4H,1-3,8H2,(H,9,10)(H,12,13). The summed E-state index contributed by atoms with van der Waals surface area (Å²) in [5.74, 6) is -2.06. The quantitative estimate of drug-likeness (QED) is 0.418. The van der Waals surface area contributed by atoms with Gasteiger partial charge in [-0.25, -0.2) is 9.59 Å². The maximum Gasteiger partial charge on any atom is 0.513 e. The minimum atomic E-state index is -1.72. The molecule has 0 spiro atoms. The molecule has 0 radical (unpaired) electrons. The van der Waals surface area contributed by atoms with E-state index in [0.29, 0.717) is 0 Å². The zero-order chi connectivity index (χ0) is 11.1. The van der Waals surface area contributed by atoms with Gasteiger partial charge in [-0.1, -0.05) is 0 Å². The first-order chi connectivity index (χ1) is 6.43. The van der Waals surface area contributed by atoms with Crippen molar-refractivity contribution in [2.75, 3.05) is 0 Å². The lowest BCUT2D eigenvalue weighted by Crippen LogP contribution is -2.33. The highest BCUT2D eigenvalue weighted by Gasteiger charge is 2.18. The molecule has 1 atom stereocenters. The third-order valence-corrected chi connectivity index (χ3v) is 1.40. The molecule has 0 aliphatic rings. The van der Waals surface area contributed by atoms with Gasteiger partial charge in [0, 0.05) is 6.42 Å². The highest BCUT2D eigenvalue weighted by Crippen LogP contribution is 2.00. The monoisotopic (exact) mass is 205 g/mol. The molecule has 0 saturated carbocycles. The second kappa shape index (κ2) is 5.92. The minimum Gasteiger partial charge on any atom is -0.481 e. The minimum absolute atomic E-state index is 0.0818. The number of ether oxygens (including phenoxy) is 1. The molecule has 0 bridgehead atoms. The molecule has 0 rings (SSSR count). The van der Waals surface area contributed by atoms with Crippen LogP contribution in [0.3, 0.4) is 0 Å². The fourth-order valence-corrected chi connectivity index (χ4v) is 0.753. The van der Waals surface area contributed by atoms with E-state index in [1.54, 1.807) is 0 Å². The second-order valence-electron chi connectivity index (χ2n) is 2.58. The molecular weight excluding hydrogens is 194 g/mol. The van der Waals surface area contributed by atoms with Crippen LogP contribution in [0.15, 0.2) is 0 Å². The zero-order valence-corrected chi connectivity index (χ0v) is 7.30. The van der Waals surface area contributed by atoms with Gasteiger partial charge in [-0.2, -0.15) is 0 Å². The first-order valence-electron chi connectivity index (χ1n) is 3.85. The summed E-state index contributed by atoms with van der Waals surface area (Å²) in [6.07, 6.45) is -1.55. The Morgan fingerprint density at radius 2 is 1.86 bits per heavy atom. The molecule has 0 fully saturated rings. The Hall–Kier alpha value is -1.63. The lowest BCUT2D eigenvalue weighted by molar-refractivity contribution is -0.141. The van der Waals surface area contributed by atoms with Gasteiger partial charge >= 0.3 is 18.1 Å². The lowest BCUT2D eigenvalue weighted by Gasteiger charge is -2.06. The fourth-order valence-electron chi connectivity index (χ4n) is 0.753. The normalized spacial score (nSPS) is 11.8. The number of hydrogen-bond donors (Lipinski definition) is 3. The third-order valence-electron chi connectivity index (χ3n) is 1.40. The Labute approximate surface area is 79.5 Å². The van der Waals surface area contributed by atoms with Crippen molar-refractivity contribution in [3.63, 3.8) is 0 Å². The fraction of sp³-hybridized carbons (Fsp3) is 0.571. The summed E-state index contributed by atoms with van der Waals surface area (Å²) in [4.78, 5) is 30.7. The van der Waals surface area contributed by atoms with Gasteiger partial charge < -0.3 is 20.7 Å². The van der Waals surface area contributed by atoms with E-state index in [1.165, 1.54) is 0 Å². The smallest absolute Gasteiger partial charge is 0.481 e. The maximum atomic E-state index is 10.8. The number of rotatable bonds is 5. The average Bonchev–Trinajstić information content (AvgIpc) is 2.01. The van der Waals surface area contributed by atoms with Crippen molar-refractivity contribution in [2.45, 2.75) is 25.3 Å². The zero-order valence-electron chi connectivity index (χ0n) is 7.30. The van der Waals surface area contributed by atoms with Gasteiger partial charge in [0.2, 0.25) is 0 Å². The van der Waals surface area contributed by atoms with Crippen molar-refractivity contribution in [3.05, 3.63) is 0 Å². The van der Waals surface area contributed by atoms with Gasteiger partial charge in [0.1, 0.15) is 6.04 Å². The molecule has 7 heteroatoms. The van der Waals surface area contributed by atoms with Crippen LogP contribution in [-0.2, 0) is 14.3 Å². The Morgan fingerprint density at radius 1 is 1.29 bits per heavy atom. The SMILES string of the molecule is NC(CCCC(=O)O)C(=O)OC(=O)O. The van der Waals surface area contributed by atoms with Gasteiger partial charge in [-0.15, -0.1) is 0 Å². The van der Waals surface area contributed by atoms with E-state index < -0.39 is 24.1 Å². The molecule has 14 heavy (non-hydrogen) atoms. The first kappa shape index (κ1) is 12.4. The van der Waals surface area contributed by atoms with Gasteiger partial charge in [-0.3, -0.25) is 4.79 Å². The molecule has 4 N–H and O–H groups in total. The molecule has 0 amide bonds.